The molecule has 0 aromatic rings. The second kappa shape index (κ2) is 5.98. The molecule has 1 fully saturated rings. The van der Waals surface area contributed by atoms with E-state index < -0.39 is 0 Å². The fraction of sp³-hybridized carbons (Fsp3) is 0.900. The van der Waals surface area contributed by atoms with Crippen molar-refractivity contribution >= 4 is 5.91 Å². The number of ether oxygens (including phenoxy) is 1. The molecular weight excluding hydrogens is 182 g/mol. The van der Waals surface area contributed by atoms with Crippen LogP contribution >= 0.6 is 0 Å². The van der Waals surface area contributed by atoms with Crippen LogP contribution in [0.15, 0.2) is 0 Å². The zero-order valence-electron chi connectivity index (χ0n) is 8.66. The average molecular weight is 201 g/mol. The highest BCUT2D eigenvalue weighted by atomic mass is 16.5. The quantitative estimate of drug-likeness (QED) is 0.687. The molecule has 0 bridgehead atoms. The van der Waals surface area contributed by atoms with Gasteiger partial charge in [-0.3, -0.25) is 4.79 Å². The van der Waals surface area contributed by atoms with Gasteiger partial charge in [0.05, 0.1) is 25.2 Å². The van der Waals surface area contributed by atoms with Crippen molar-refractivity contribution in [3.63, 3.8) is 0 Å². The first-order chi connectivity index (χ1) is 6.77. The molecule has 0 aromatic heterocycles. The van der Waals surface area contributed by atoms with Crippen molar-refractivity contribution in [3.8, 4) is 0 Å². The Balaban J connectivity index is 2.32. The Labute approximate surface area is 84.6 Å². The molecule has 1 aliphatic heterocycles. The SMILES string of the molecule is CCC(CO)NC(=O)C1CCCOC1. The molecule has 14 heavy (non-hydrogen) atoms. The fourth-order valence-electron chi connectivity index (χ4n) is 1.54. The highest BCUT2D eigenvalue weighted by molar-refractivity contribution is 5.79. The molecule has 1 rings (SSSR count). The predicted molar refractivity (Wildman–Crippen MR) is 52.9 cm³/mol. The van der Waals surface area contributed by atoms with Crippen LogP contribution in [0.1, 0.15) is 26.2 Å². The van der Waals surface area contributed by atoms with E-state index in [0.717, 1.165) is 25.9 Å². The third-order valence-corrected chi connectivity index (χ3v) is 2.59. The monoisotopic (exact) mass is 201 g/mol. The molecule has 4 nitrogen and oxygen atoms in total. The zero-order chi connectivity index (χ0) is 10.4. The molecule has 4 heteroatoms. The first-order valence-corrected chi connectivity index (χ1v) is 5.27. The molecule has 2 atom stereocenters. The van der Waals surface area contributed by atoms with Gasteiger partial charge in [-0.15, -0.1) is 0 Å². The number of aliphatic hydroxyl groups is 1. The van der Waals surface area contributed by atoms with Crippen LogP contribution in [0.2, 0.25) is 0 Å². The molecule has 1 saturated heterocycles. The molecule has 1 amide bonds. The highest BCUT2D eigenvalue weighted by Gasteiger charge is 2.23. The topological polar surface area (TPSA) is 58.6 Å². The van der Waals surface area contributed by atoms with Gasteiger partial charge >= 0.3 is 0 Å². The Morgan fingerprint density at radius 1 is 1.71 bits per heavy atom. The molecule has 1 aliphatic rings. The number of nitrogens with one attached hydrogen (secondary N) is 1. The van der Waals surface area contributed by atoms with Gasteiger partial charge in [-0.05, 0) is 19.3 Å². The van der Waals surface area contributed by atoms with Gasteiger partial charge in [0, 0.05) is 6.61 Å². The van der Waals surface area contributed by atoms with Gasteiger partial charge in [-0.2, -0.15) is 0 Å². The molecule has 2 unspecified atom stereocenters. The van der Waals surface area contributed by atoms with Gasteiger partial charge in [-0.1, -0.05) is 6.92 Å². The van der Waals surface area contributed by atoms with Gasteiger partial charge in [0.25, 0.3) is 0 Å². The minimum absolute atomic E-state index is 0.00974. The van der Waals surface area contributed by atoms with Gasteiger partial charge in [0.1, 0.15) is 0 Å². The molecule has 0 spiro atoms. The summed E-state index contributed by atoms with van der Waals surface area (Å²) in [5, 5.41) is 11.7. The number of carbonyl (C=O) groups is 1. The number of aliphatic hydroxyl groups excluding tert-OH is 1. The molecule has 2 N–H and O–H groups in total. The molecule has 0 aliphatic carbocycles. The predicted octanol–water partition coefficient (Wildman–Crippen LogP) is 0.300. The van der Waals surface area contributed by atoms with Crippen LogP contribution in [-0.2, 0) is 9.53 Å². The Morgan fingerprint density at radius 3 is 3.00 bits per heavy atom. The van der Waals surface area contributed by atoms with Crippen LogP contribution < -0.4 is 5.32 Å². The minimum atomic E-state index is -0.107. The lowest BCUT2D eigenvalue weighted by Gasteiger charge is -2.23. The third kappa shape index (κ3) is 3.27. The van der Waals surface area contributed by atoms with Crippen LogP contribution in [0.4, 0.5) is 0 Å². The van der Waals surface area contributed by atoms with E-state index in [1.807, 2.05) is 6.92 Å². The largest absolute Gasteiger partial charge is 0.394 e. The lowest BCUT2D eigenvalue weighted by Crippen LogP contribution is -2.42. The van der Waals surface area contributed by atoms with Crippen molar-refractivity contribution in [1.29, 1.82) is 0 Å². The van der Waals surface area contributed by atoms with Crippen molar-refractivity contribution < 1.29 is 14.6 Å². The summed E-state index contributed by atoms with van der Waals surface area (Å²) in [6.07, 6.45) is 2.61. The van der Waals surface area contributed by atoms with Gasteiger partial charge < -0.3 is 15.2 Å². The molecule has 82 valence electrons. The summed E-state index contributed by atoms with van der Waals surface area (Å²) in [7, 11) is 0. The number of hydrogen-bond donors (Lipinski definition) is 2. The van der Waals surface area contributed by atoms with Gasteiger partial charge in [0.2, 0.25) is 5.91 Å². The lowest BCUT2D eigenvalue weighted by molar-refractivity contribution is -0.130. The maximum Gasteiger partial charge on any atom is 0.225 e. The van der Waals surface area contributed by atoms with E-state index in [0.29, 0.717) is 6.61 Å². The van der Waals surface area contributed by atoms with Crippen molar-refractivity contribution in [2.45, 2.75) is 32.2 Å². The maximum absolute atomic E-state index is 11.6. The van der Waals surface area contributed by atoms with E-state index in [9.17, 15) is 4.79 Å². The molecular formula is C10H19NO3. The van der Waals surface area contributed by atoms with Gasteiger partial charge in [0.15, 0.2) is 0 Å². The Bertz CT molecular complexity index is 174. The number of hydrogen-bond acceptors (Lipinski definition) is 3. The summed E-state index contributed by atoms with van der Waals surface area (Å²) in [5.74, 6) is -0.00468. The minimum Gasteiger partial charge on any atom is -0.394 e. The average Bonchev–Trinajstić information content (AvgIpc) is 2.26. The van der Waals surface area contributed by atoms with E-state index in [-0.39, 0.29) is 24.5 Å². The molecule has 0 radical (unpaired) electrons. The first-order valence-electron chi connectivity index (χ1n) is 5.27. The second-order valence-corrected chi connectivity index (χ2v) is 3.71. The molecule has 0 saturated carbocycles. The maximum atomic E-state index is 11.6. The van der Waals surface area contributed by atoms with Crippen molar-refractivity contribution in [3.05, 3.63) is 0 Å². The summed E-state index contributed by atoms with van der Waals surface area (Å²) in [6.45, 7) is 3.24. The Hall–Kier alpha value is -0.610. The van der Waals surface area contributed by atoms with Crippen LogP contribution in [0.5, 0.6) is 0 Å². The summed E-state index contributed by atoms with van der Waals surface area (Å²) in [6, 6.07) is -0.107. The first kappa shape index (κ1) is 11.5. The van der Waals surface area contributed by atoms with Crippen LogP contribution in [0.25, 0.3) is 0 Å². The standard InChI is InChI=1S/C10H19NO3/c1-2-9(6-12)11-10(13)8-4-3-5-14-7-8/h8-9,12H,2-7H2,1H3,(H,11,13). The smallest absolute Gasteiger partial charge is 0.225 e. The van der Waals surface area contributed by atoms with Crippen molar-refractivity contribution in [2.75, 3.05) is 19.8 Å². The van der Waals surface area contributed by atoms with Crippen molar-refractivity contribution in [2.24, 2.45) is 5.92 Å². The number of carbonyl (C=O) groups excluding carboxylic acids is 1. The Morgan fingerprint density at radius 2 is 2.50 bits per heavy atom. The third-order valence-electron chi connectivity index (χ3n) is 2.59. The van der Waals surface area contributed by atoms with E-state index >= 15 is 0 Å². The van der Waals surface area contributed by atoms with E-state index in [2.05, 4.69) is 5.32 Å². The van der Waals surface area contributed by atoms with Crippen LogP contribution in [-0.4, -0.2) is 36.9 Å². The summed E-state index contributed by atoms with van der Waals surface area (Å²) >= 11 is 0. The lowest BCUT2D eigenvalue weighted by atomic mass is 10.0. The highest BCUT2D eigenvalue weighted by Crippen LogP contribution is 2.13. The zero-order valence-corrected chi connectivity index (χ0v) is 8.66. The summed E-state index contributed by atoms with van der Waals surface area (Å²) in [5.41, 5.74) is 0. The normalized spacial score (nSPS) is 24.3. The molecule has 0 aromatic carbocycles. The van der Waals surface area contributed by atoms with Gasteiger partial charge in [-0.25, -0.2) is 0 Å². The number of rotatable bonds is 4. The molecule has 1 heterocycles. The second-order valence-electron chi connectivity index (χ2n) is 3.71. The summed E-state index contributed by atoms with van der Waals surface area (Å²) < 4.78 is 5.23. The fourth-order valence-corrected chi connectivity index (χ4v) is 1.54. The number of amides is 1. The van der Waals surface area contributed by atoms with E-state index in [1.54, 1.807) is 0 Å². The van der Waals surface area contributed by atoms with Crippen LogP contribution in [0, 0.1) is 5.92 Å². The summed E-state index contributed by atoms with van der Waals surface area (Å²) in [4.78, 5) is 11.6. The Kier molecular flexibility index (Phi) is 4.90. The van der Waals surface area contributed by atoms with E-state index in [1.165, 1.54) is 0 Å². The van der Waals surface area contributed by atoms with Crippen molar-refractivity contribution in [1.82, 2.24) is 5.32 Å². The van der Waals surface area contributed by atoms with Crippen LogP contribution in [0.3, 0.4) is 0 Å². The van der Waals surface area contributed by atoms with E-state index in [4.69, 9.17) is 9.84 Å².